The Morgan fingerprint density at radius 1 is 1.12 bits per heavy atom. The van der Waals surface area contributed by atoms with Crippen LogP contribution >= 0.6 is 11.5 Å². The number of hydrogen-bond acceptors (Lipinski definition) is 6. The third-order valence-electron chi connectivity index (χ3n) is 4.84. The highest BCUT2D eigenvalue weighted by Gasteiger charge is 2.37. The topological polar surface area (TPSA) is 131 Å². The van der Waals surface area contributed by atoms with E-state index in [4.69, 9.17) is 11.5 Å². The number of aromatic nitrogens is 1. The van der Waals surface area contributed by atoms with Crippen molar-refractivity contribution in [2.24, 2.45) is 5.73 Å². The highest BCUT2D eigenvalue weighted by molar-refractivity contribution is 7.09. The number of anilines is 2. The molecule has 0 radical (unpaired) electrons. The first-order valence-electron chi connectivity index (χ1n) is 10.4. The van der Waals surface area contributed by atoms with E-state index in [0.717, 1.165) is 17.1 Å². The van der Waals surface area contributed by atoms with Crippen molar-refractivity contribution in [1.29, 1.82) is 0 Å². The minimum Gasteiger partial charge on any atom is -0.395 e. The van der Waals surface area contributed by atoms with E-state index in [0.29, 0.717) is 11.3 Å². The van der Waals surface area contributed by atoms with E-state index in [-0.39, 0.29) is 16.3 Å². The molecule has 1 atom stereocenters. The first-order valence-corrected chi connectivity index (χ1v) is 11.2. The molecule has 0 saturated heterocycles. The molecule has 1 heterocycles. The van der Waals surface area contributed by atoms with Crippen molar-refractivity contribution < 1.29 is 18.8 Å². The van der Waals surface area contributed by atoms with Crippen molar-refractivity contribution in [3.05, 3.63) is 76.0 Å². The van der Waals surface area contributed by atoms with E-state index in [9.17, 15) is 18.8 Å². The average Bonchev–Trinajstić information content (AvgIpc) is 3.12. The number of nitrogens with one attached hydrogen (secondary N) is 1. The second kappa shape index (κ2) is 9.60. The standard InChI is InChI=1S/C24H26FN5O3S/c1-13-6-5-7-16(12-13)30(23(33)20-17(26)18(21(27)31)29-34-20)19(22(32)28-24(2,3)4)14-8-10-15(25)11-9-14/h5-12,19H,26H2,1-4H3,(H2,27,31)(H,28,32). The summed E-state index contributed by atoms with van der Waals surface area (Å²) >= 11 is 0.721. The van der Waals surface area contributed by atoms with Crippen molar-refractivity contribution in [3.8, 4) is 0 Å². The molecule has 0 saturated carbocycles. The SMILES string of the molecule is Cc1cccc(N(C(=O)c2snc(C(N)=O)c2N)C(C(=O)NC(C)(C)C)c2ccc(F)cc2)c1. The smallest absolute Gasteiger partial charge is 0.273 e. The van der Waals surface area contributed by atoms with E-state index in [1.807, 2.05) is 33.8 Å². The maximum Gasteiger partial charge on any atom is 0.273 e. The van der Waals surface area contributed by atoms with Crippen LogP contribution in [0.1, 0.15) is 58.1 Å². The highest BCUT2D eigenvalue weighted by Crippen LogP contribution is 2.34. The van der Waals surface area contributed by atoms with Gasteiger partial charge in [0.15, 0.2) is 5.69 Å². The number of aryl methyl sites for hydroxylation is 1. The third-order valence-corrected chi connectivity index (χ3v) is 5.70. The third kappa shape index (κ3) is 5.40. The lowest BCUT2D eigenvalue weighted by Gasteiger charge is -2.33. The van der Waals surface area contributed by atoms with Crippen molar-refractivity contribution in [3.63, 3.8) is 0 Å². The molecule has 8 nitrogen and oxygen atoms in total. The first-order chi connectivity index (χ1) is 15.9. The lowest BCUT2D eigenvalue weighted by Crippen LogP contribution is -2.49. The molecule has 2 aromatic carbocycles. The van der Waals surface area contributed by atoms with Crippen LogP contribution in [0.25, 0.3) is 0 Å². The molecular weight excluding hydrogens is 457 g/mol. The Kier molecular flexibility index (Phi) is 7.01. The number of primary amides is 1. The molecule has 1 unspecified atom stereocenters. The van der Waals surface area contributed by atoms with Crippen LogP contribution in [0.5, 0.6) is 0 Å². The van der Waals surface area contributed by atoms with Gasteiger partial charge in [-0.25, -0.2) is 4.39 Å². The van der Waals surface area contributed by atoms with Gasteiger partial charge in [0.05, 0.1) is 5.69 Å². The number of rotatable bonds is 6. The number of carbonyl (C=O) groups is 3. The zero-order valence-corrected chi connectivity index (χ0v) is 20.1. The molecule has 10 heteroatoms. The Morgan fingerprint density at radius 2 is 1.76 bits per heavy atom. The quantitative estimate of drug-likeness (QED) is 0.493. The van der Waals surface area contributed by atoms with Gasteiger partial charge in [-0.3, -0.25) is 19.3 Å². The predicted molar refractivity (Wildman–Crippen MR) is 130 cm³/mol. The number of amides is 3. The summed E-state index contributed by atoms with van der Waals surface area (Å²) in [5, 5.41) is 2.90. The molecule has 0 aliphatic rings. The molecule has 3 rings (SSSR count). The lowest BCUT2D eigenvalue weighted by molar-refractivity contribution is -0.123. The summed E-state index contributed by atoms with van der Waals surface area (Å²) in [4.78, 5) is 40.3. The van der Waals surface area contributed by atoms with Gasteiger partial charge in [-0.2, -0.15) is 4.37 Å². The van der Waals surface area contributed by atoms with Crippen LogP contribution in [0, 0.1) is 12.7 Å². The second-order valence-electron chi connectivity index (χ2n) is 8.85. The molecule has 0 aliphatic heterocycles. The van der Waals surface area contributed by atoms with Gasteiger partial charge in [0, 0.05) is 11.2 Å². The van der Waals surface area contributed by atoms with Crippen LogP contribution in [0.3, 0.4) is 0 Å². The number of hydrogen-bond donors (Lipinski definition) is 3. The predicted octanol–water partition coefficient (Wildman–Crippen LogP) is 3.57. The van der Waals surface area contributed by atoms with E-state index in [2.05, 4.69) is 9.69 Å². The van der Waals surface area contributed by atoms with Crippen LogP contribution in [0.4, 0.5) is 15.8 Å². The minimum absolute atomic E-state index is 0.0361. The Balaban J connectivity index is 2.24. The Labute approximate surface area is 200 Å². The normalized spacial score (nSPS) is 12.1. The van der Waals surface area contributed by atoms with E-state index < -0.39 is 35.1 Å². The fourth-order valence-corrected chi connectivity index (χ4v) is 4.14. The monoisotopic (exact) mass is 483 g/mol. The van der Waals surface area contributed by atoms with Crippen LogP contribution in [0.2, 0.25) is 0 Å². The summed E-state index contributed by atoms with van der Waals surface area (Å²) in [6.07, 6.45) is 0. The Morgan fingerprint density at radius 3 is 2.29 bits per heavy atom. The summed E-state index contributed by atoms with van der Waals surface area (Å²) in [6.45, 7) is 7.28. The van der Waals surface area contributed by atoms with Crippen molar-refractivity contribution in [2.75, 3.05) is 10.6 Å². The van der Waals surface area contributed by atoms with Gasteiger partial charge in [0.25, 0.3) is 11.8 Å². The van der Waals surface area contributed by atoms with Gasteiger partial charge in [0.2, 0.25) is 5.91 Å². The van der Waals surface area contributed by atoms with E-state index in [1.165, 1.54) is 29.2 Å². The zero-order valence-electron chi connectivity index (χ0n) is 19.3. The highest BCUT2D eigenvalue weighted by atomic mass is 32.1. The molecule has 5 N–H and O–H groups in total. The fourth-order valence-electron chi connectivity index (χ4n) is 3.40. The zero-order chi connectivity index (χ0) is 25.2. The largest absolute Gasteiger partial charge is 0.395 e. The minimum atomic E-state index is -1.17. The summed E-state index contributed by atoms with van der Waals surface area (Å²) in [7, 11) is 0. The number of halogens is 1. The van der Waals surface area contributed by atoms with E-state index >= 15 is 0 Å². The second-order valence-corrected chi connectivity index (χ2v) is 9.62. The molecule has 3 amide bonds. The van der Waals surface area contributed by atoms with Crippen molar-refractivity contribution in [1.82, 2.24) is 9.69 Å². The number of carbonyl (C=O) groups excluding carboxylic acids is 3. The van der Waals surface area contributed by atoms with Gasteiger partial charge in [-0.15, -0.1) is 0 Å². The lowest BCUT2D eigenvalue weighted by atomic mass is 10.00. The number of nitrogen functional groups attached to an aromatic ring is 1. The summed E-state index contributed by atoms with van der Waals surface area (Å²) in [5.74, 6) is -2.47. The molecule has 178 valence electrons. The van der Waals surface area contributed by atoms with Gasteiger partial charge in [-0.1, -0.05) is 24.3 Å². The molecule has 0 spiro atoms. The van der Waals surface area contributed by atoms with E-state index in [1.54, 1.807) is 18.2 Å². The van der Waals surface area contributed by atoms with Crippen LogP contribution in [-0.4, -0.2) is 27.6 Å². The number of nitrogens with two attached hydrogens (primary N) is 2. The van der Waals surface area contributed by atoms with Crippen LogP contribution < -0.4 is 21.7 Å². The molecule has 0 fully saturated rings. The fraction of sp³-hybridized carbons (Fsp3) is 0.250. The van der Waals surface area contributed by atoms with Crippen LogP contribution in [-0.2, 0) is 4.79 Å². The van der Waals surface area contributed by atoms with Crippen LogP contribution in [0.15, 0.2) is 48.5 Å². The summed E-state index contributed by atoms with van der Waals surface area (Å²) in [5.41, 5.74) is 12.0. The summed E-state index contributed by atoms with van der Waals surface area (Å²) < 4.78 is 17.6. The number of benzene rings is 2. The Bertz CT molecular complexity index is 1230. The van der Waals surface area contributed by atoms with Gasteiger partial charge < -0.3 is 16.8 Å². The van der Waals surface area contributed by atoms with Gasteiger partial charge in [-0.05, 0) is 74.6 Å². The molecule has 34 heavy (non-hydrogen) atoms. The Hall–Kier alpha value is -3.79. The molecule has 0 aliphatic carbocycles. The van der Waals surface area contributed by atoms with Crippen molar-refractivity contribution >= 4 is 40.6 Å². The maximum atomic E-state index is 13.9. The van der Waals surface area contributed by atoms with Gasteiger partial charge >= 0.3 is 0 Å². The molecular formula is C24H26FN5O3S. The number of nitrogens with zero attached hydrogens (tertiary/aromatic N) is 2. The first kappa shape index (κ1) is 24.8. The van der Waals surface area contributed by atoms with Crippen molar-refractivity contribution in [2.45, 2.75) is 39.3 Å². The molecule has 0 bridgehead atoms. The molecule has 1 aromatic heterocycles. The molecule has 3 aromatic rings. The summed E-state index contributed by atoms with van der Waals surface area (Å²) in [6, 6.07) is 11.2. The average molecular weight is 484 g/mol. The maximum absolute atomic E-state index is 13.9. The van der Waals surface area contributed by atoms with Gasteiger partial charge in [0.1, 0.15) is 16.7 Å².